The lowest BCUT2D eigenvalue weighted by molar-refractivity contribution is 0.0663. The summed E-state index contributed by atoms with van der Waals surface area (Å²) >= 11 is 0. The molecule has 26 heavy (non-hydrogen) atoms. The van der Waals surface area contributed by atoms with Gasteiger partial charge in [0.05, 0.1) is 0 Å². The highest BCUT2D eigenvalue weighted by atomic mass is 33.1. The molecule has 0 bridgehead atoms. The number of nitrogens with zero attached hydrogens (tertiary/aromatic N) is 2. The molecule has 12 heteroatoms. The molecule has 134 valence electrons. The van der Waals surface area contributed by atoms with E-state index in [2.05, 4.69) is 9.97 Å². The van der Waals surface area contributed by atoms with Crippen molar-refractivity contribution in [1.82, 2.24) is 9.97 Å². The van der Waals surface area contributed by atoms with Crippen molar-refractivity contribution >= 4 is 45.5 Å². The predicted molar refractivity (Wildman–Crippen MR) is 88.0 cm³/mol. The topological polar surface area (TPSA) is 175 Å². The summed E-state index contributed by atoms with van der Waals surface area (Å²) in [7, 11) is 1.83. The molecule has 0 spiro atoms. The molecule has 2 aromatic heterocycles. The first-order valence-electron chi connectivity index (χ1n) is 6.49. The Morgan fingerprint density at radius 1 is 0.577 bits per heavy atom. The van der Waals surface area contributed by atoms with Gasteiger partial charge in [0.15, 0.2) is 0 Å². The molecule has 0 atom stereocenters. The molecule has 0 aliphatic carbocycles. The number of aromatic carboxylic acids is 4. The third-order valence-corrected chi connectivity index (χ3v) is 5.05. The van der Waals surface area contributed by atoms with Crippen molar-refractivity contribution < 1.29 is 39.6 Å². The fourth-order valence-electron chi connectivity index (χ4n) is 1.64. The molecule has 0 fully saturated rings. The number of carbonyl (C=O) groups is 4. The van der Waals surface area contributed by atoms with Crippen LogP contribution in [-0.2, 0) is 0 Å². The average Bonchev–Trinajstić information content (AvgIpc) is 2.59. The van der Waals surface area contributed by atoms with E-state index < -0.39 is 46.7 Å². The van der Waals surface area contributed by atoms with Crippen LogP contribution in [0.4, 0.5) is 0 Å². The van der Waals surface area contributed by atoms with Gasteiger partial charge in [-0.25, -0.2) is 29.1 Å². The monoisotopic (exact) mass is 396 g/mol. The number of hydrogen-bond donors (Lipinski definition) is 4. The van der Waals surface area contributed by atoms with Crippen LogP contribution in [0, 0.1) is 0 Å². The molecule has 2 rings (SSSR count). The van der Waals surface area contributed by atoms with Gasteiger partial charge in [-0.15, -0.1) is 0 Å². The van der Waals surface area contributed by atoms with Gasteiger partial charge in [-0.05, 0) is 24.3 Å². The maximum Gasteiger partial charge on any atom is 0.354 e. The highest BCUT2D eigenvalue weighted by molar-refractivity contribution is 8.76. The Kier molecular flexibility index (Phi) is 5.79. The van der Waals surface area contributed by atoms with Crippen LogP contribution < -0.4 is 0 Å². The molecule has 10 nitrogen and oxygen atoms in total. The van der Waals surface area contributed by atoms with Gasteiger partial charge in [-0.2, -0.15) is 0 Å². The van der Waals surface area contributed by atoms with Crippen LogP contribution in [0.25, 0.3) is 0 Å². The molecule has 2 heterocycles. The highest BCUT2D eigenvalue weighted by Crippen LogP contribution is 2.38. The van der Waals surface area contributed by atoms with Gasteiger partial charge in [0, 0.05) is 9.79 Å². The Morgan fingerprint density at radius 3 is 1.00 bits per heavy atom. The number of rotatable bonds is 7. The Bertz CT molecular complexity index is 791. The zero-order chi connectivity index (χ0) is 19.4. The molecule has 2 aromatic rings. The second-order valence-corrected chi connectivity index (χ2v) is 6.81. The van der Waals surface area contributed by atoms with E-state index in [4.69, 9.17) is 20.4 Å². The van der Waals surface area contributed by atoms with E-state index in [9.17, 15) is 19.2 Å². The molecular formula is C14H8N2O8S2. The molecule has 0 saturated heterocycles. The van der Waals surface area contributed by atoms with Gasteiger partial charge >= 0.3 is 23.9 Å². The first-order chi connectivity index (χ1) is 12.2. The van der Waals surface area contributed by atoms with E-state index in [1.54, 1.807) is 0 Å². The van der Waals surface area contributed by atoms with Crippen molar-refractivity contribution in [1.29, 1.82) is 0 Å². The van der Waals surface area contributed by atoms with Crippen LogP contribution in [0.5, 0.6) is 0 Å². The smallest absolute Gasteiger partial charge is 0.354 e. The number of hydrogen-bond acceptors (Lipinski definition) is 8. The number of aromatic nitrogens is 2. The lowest BCUT2D eigenvalue weighted by Crippen LogP contribution is -2.08. The molecular weight excluding hydrogens is 388 g/mol. The third kappa shape index (κ3) is 4.70. The molecule has 0 saturated carbocycles. The minimum Gasteiger partial charge on any atom is -0.477 e. The Labute approximate surface area is 152 Å². The van der Waals surface area contributed by atoms with E-state index in [0.29, 0.717) is 0 Å². The Balaban J connectivity index is 2.33. The number of carboxylic acids is 4. The largest absolute Gasteiger partial charge is 0.477 e. The first-order valence-corrected chi connectivity index (χ1v) is 8.64. The van der Waals surface area contributed by atoms with Crippen molar-refractivity contribution in [2.45, 2.75) is 9.79 Å². The van der Waals surface area contributed by atoms with Gasteiger partial charge in [-0.3, -0.25) is 0 Å². The maximum atomic E-state index is 11.0. The maximum absolute atomic E-state index is 11.0. The SMILES string of the molecule is O=C(O)c1cc(SSc2cc(C(=O)O)nc(C(=O)O)c2)cc(C(=O)O)n1. The summed E-state index contributed by atoms with van der Waals surface area (Å²) in [5.74, 6) is -5.65. The van der Waals surface area contributed by atoms with Crippen LogP contribution in [0.3, 0.4) is 0 Å². The minimum absolute atomic E-state index is 0.227. The number of carboxylic acid groups (broad SMARTS) is 4. The summed E-state index contributed by atoms with van der Waals surface area (Å²) in [4.78, 5) is 51.5. The highest BCUT2D eigenvalue weighted by Gasteiger charge is 2.16. The minimum atomic E-state index is -1.41. The van der Waals surface area contributed by atoms with E-state index in [1.165, 1.54) is 0 Å². The summed E-state index contributed by atoms with van der Waals surface area (Å²) < 4.78 is 0. The summed E-state index contributed by atoms with van der Waals surface area (Å²) in [5, 5.41) is 35.9. The van der Waals surface area contributed by atoms with Crippen molar-refractivity contribution in [3.8, 4) is 0 Å². The lowest BCUT2D eigenvalue weighted by Gasteiger charge is -2.06. The van der Waals surface area contributed by atoms with E-state index >= 15 is 0 Å². The molecule has 0 unspecified atom stereocenters. The lowest BCUT2D eigenvalue weighted by atomic mass is 10.3. The zero-order valence-corrected chi connectivity index (χ0v) is 14.1. The molecule has 0 aliphatic rings. The van der Waals surface area contributed by atoms with Crippen molar-refractivity contribution in [2.75, 3.05) is 0 Å². The standard InChI is InChI=1S/C14H8N2O8S2/c17-11(18)7-1-5(2-8(15-7)12(19)20)25-26-6-3-9(13(21)22)16-10(4-6)14(23)24/h1-4H,(H,17,18)(H,19,20)(H,21,22)(H,23,24). The van der Waals surface area contributed by atoms with Crippen LogP contribution in [0.2, 0.25) is 0 Å². The van der Waals surface area contributed by atoms with Gasteiger partial charge in [-0.1, -0.05) is 21.6 Å². The van der Waals surface area contributed by atoms with Crippen LogP contribution >= 0.6 is 21.6 Å². The molecule has 0 amide bonds. The molecule has 4 N–H and O–H groups in total. The fraction of sp³-hybridized carbons (Fsp3) is 0. The summed E-state index contributed by atoms with van der Waals surface area (Å²) in [5.41, 5.74) is -1.89. The quantitative estimate of drug-likeness (QED) is 0.502. The van der Waals surface area contributed by atoms with Gasteiger partial charge in [0.25, 0.3) is 0 Å². The summed E-state index contributed by atoms with van der Waals surface area (Å²) in [6.45, 7) is 0. The van der Waals surface area contributed by atoms with Gasteiger partial charge in [0.2, 0.25) is 0 Å². The normalized spacial score (nSPS) is 10.3. The van der Waals surface area contributed by atoms with Crippen molar-refractivity contribution in [3.05, 3.63) is 47.0 Å². The molecule has 0 aromatic carbocycles. The van der Waals surface area contributed by atoms with Gasteiger partial charge < -0.3 is 20.4 Å². The van der Waals surface area contributed by atoms with E-state index in [-0.39, 0.29) is 9.79 Å². The zero-order valence-electron chi connectivity index (χ0n) is 12.4. The Hall–Kier alpha value is -3.12. The second kappa shape index (κ2) is 7.84. The summed E-state index contributed by atoms with van der Waals surface area (Å²) in [6.07, 6.45) is 0. The van der Waals surface area contributed by atoms with Gasteiger partial charge in [0.1, 0.15) is 22.8 Å². The number of pyridine rings is 2. The second-order valence-electron chi connectivity index (χ2n) is 4.53. The summed E-state index contributed by atoms with van der Waals surface area (Å²) in [6, 6.07) is 4.57. The van der Waals surface area contributed by atoms with Crippen LogP contribution in [0.1, 0.15) is 42.0 Å². The van der Waals surface area contributed by atoms with Crippen molar-refractivity contribution in [3.63, 3.8) is 0 Å². The van der Waals surface area contributed by atoms with Crippen molar-refractivity contribution in [2.24, 2.45) is 0 Å². The molecule has 0 radical (unpaired) electrons. The fourth-order valence-corrected chi connectivity index (χ4v) is 3.63. The average molecular weight is 396 g/mol. The van der Waals surface area contributed by atoms with Crippen LogP contribution in [-0.4, -0.2) is 54.3 Å². The first kappa shape index (κ1) is 19.2. The van der Waals surface area contributed by atoms with Crippen LogP contribution in [0.15, 0.2) is 34.1 Å². The third-order valence-electron chi connectivity index (χ3n) is 2.71. The molecule has 0 aliphatic heterocycles. The Morgan fingerprint density at radius 2 is 0.808 bits per heavy atom. The predicted octanol–water partition coefficient (Wildman–Crippen LogP) is 2.07. The van der Waals surface area contributed by atoms with E-state index in [0.717, 1.165) is 45.9 Å². The van der Waals surface area contributed by atoms with E-state index in [1.807, 2.05) is 0 Å².